The molecule has 0 aromatic heterocycles. The second kappa shape index (κ2) is 4.70. The van der Waals surface area contributed by atoms with Crippen LogP contribution in [0.15, 0.2) is 0 Å². The summed E-state index contributed by atoms with van der Waals surface area (Å²) in [5.41, 5.74) is 0. The Morgan fingerprint density at radius 2 is 2.38 bits per heavy atom. The monoisotopic (exact) mass is 200 g/mol. The number of esters is 1. The van der Waals surface area contributed by atoms with Gasteiger partial charge in [0.1, 0.15) is 0 Å². The van der Waals surface area contributed by atoms with Gasteiger partial charge in [-0.05, 0) is 36.5 Å². The van der Waals surface area contributed by atoms with Crippen molar-refractivity contribution in [2.75, 3.05) is 6.61 Å². The van der Waals surface area contributed by atoms with Crippen LogP contribution in [0, 0.1) is 11.8 Å². The first-order valence-corrected chi connectivity index (χ1v) is 5.24. The molecule has 0 heterocycles. The van der Waals surface area contributed by atoms with E-state index in [-0.39, 0.29) is 5.97 Å². The molecule has 2 nitrogen and oxygen atoms in total. The lowest BCUT2D eigenvalue weighted by Gasteiger charge is -2.13. The molecule has 74 valence electrons. The predicted octanol–water partition coefficient (Wildman–Crippen LogP) is 2.36. The topological polar surface area (TPSA) is 26.3 Å². The van der Waals surface area contributed by atoms with Gasteiger partial charge in [0.05, 0.1) is 6.61 Å². The van der Waals surface area contributed by atoms with Crippen LogP contribution in [0.4, 0.5) is 0 Å². The van der Waals surface area contributed by atoms with E-state index in [2.05, 4.69) is 6.92 Å². The van der Waals surface area contributed by atoms with Crippen LogP contribution in [0.3, 0.4) is 0 Å². The number of hydrogen-bond acceptors (Lipinski definition) is 3. The number of carbonyl (C=O) groups is 1. The Labute approximate surface area is 84.7 Å². The van der Waals surface area contributed by atoms with Crippen LogP contribution in [-0.2, 0) is 9.53 Å². The molecule has 0 aliphatic heterocycles. The minimum absolute atomic E-state index is 0.0796. The first-order valence-electron chi connectivity index (χ1n) is 4.83. The lowest BCUT2D eigenvalue weighted by Crippen LogP contribution is -2.15. The average Bonchev–Trinajstić information content (AvgIpc) is 2.37. The van der Waals surface area contributed by atoms with Crippen molar-refractivity contribution in [2.45, 2.75) is 33.1 Å². The highest BCUT2D eigenvalue weighted by atomic mass is 32.1. The van der Waals surface area contributed by atoms with Crippen molar-refractivity contribution in [3.63, 3.8) is 0 Å². The van der Waals surface area contributed by atoms with Gasteiger partial charge in [0, 0.05) is 6.42 Å². The van der Waals surface area contributed by atoms with E-state index in [9.17, 15) is 4.79 Å². The largest absolute Gasteiger partial charge is 0.466 e. The van der Waals surface area contributed by atoms with Crippen LogP contribution in [0.1, 0.15) is 33.1 Å². The number of thiocarbonyl (C=S) groups is 1. The zero-order chi connectivity index (χ0) is 9.84. The molecule has 2 atom stereocenters. The Bertz CT molecular complexity index is 213. The third-order valence-electron chi connectivity index (χ3n) is 2.71. The lowest BCUT2D eigenvalue weighted by molar-refractivity contribution is -0.144. The molecule has 0 radical (unpaired) electrons. The molecule has 0 aromatic carbocycles. The molecule has 1 fully saturated rings. The van der Waals surface area contributed by atoms with Gasteiger partial charge >= 0.3 is 5.97 Å². The van der Waals surface area contributed by atoms with E-state index >= 15 is 0 Å². The molecule has 0 amide bonds. The van der Waals surface area contributed by atoms with Crippen LogP contribution in [0.25, 0.3) is 0 Å². The van der Waals surface area contributed by atoms with Crippen molar-refractivity contribution in [3.8, 4) is 0 Å². The molecule has 0 bridgehead atoms. The maximum Gasteiger partial charge on any atom is 0.306 e. The highest BCUT2D eigenvalue weighted by Gasteiger charge is 2.29. The molecule has 1 aliphatic rings. The molecule has 2 unspecified atom stereocenters. The Morgan fingerprint density at radius 1 is 1.69 bits per heavy atom. The minimum Gasteiger partial charge on any atom is -0.466 e. The van der Waals surface area contributed by atoms with E-state index in [0.717, 1.165) is 17.7 Å². The second-order valence-electron chi connectivity index (χ2n) is 3.56. The summed E-state index contributed by atoms with van der Waals surface area (Å²) >= 11 is 5.18. The first-order chi connectivity index (χ1) is 6.15. The van der Waals surface area contributed by atoms with Gasteiger partial charge in [-0.25, -0.2) is 0 Å². The van der Waals surface area contributed by atoms with E-state index in [1.54, 1.807) is 0 Å². The van der Waals surface area contributed by atoms with Crippen molar-refractivity contribution in [1.29, 1.82) is 0 Å². The minimum atomic E-state index is -0.0796. The number of ether oxygens (including phenoxy) is 1. The van der Waals surface area contributed by atoms with Crippen LogP contribution in [0.2, 0.25) is 0 Å². The zero-order valence-electron chi connectivity index (χ0n) is 8.21. The summed E-state index contributed by atoms with van der Waals surface area (Å²) in [6, 6.07) is 0. The highest BCUT2D eigenvalue weighted by molar-refractivity contribution is 7.80. The fraction of sp³-hybridized carbons (Fsp3) is 0.800. The van der Waals surface area contributed by atoms with Crippen molar-refractivity contribution in [3.05, 3.63) is 0 Å². The third-order valence-corrected chi connectivity index (χ3v) is 3.29. The van der Waals surface area contributed by atoms with Crippen molar-refractivity contribution in [2.24, 2.45) is 11.8 Å². The molecule has 3 heteroatoms. The van der Waals surface area contributed by atoms with Gasteiger partial charge in [-0.2, -0.15) is 0 Å². The summed E-state index contributed by atoms with van der Waals surface area (Å²) in [6.07, 6.45) is 2.59. The van der Waals surface area contributed by atoms with Crippen molar-refractivity contribution in [1.82, 2.24) is 0 Å². The van der Waals surface area contributed by atoms with Crippen LogP contribution in [-0.4, -0.2) is 17.4 Å². The van der Waals surface area contributed by atoms with Gasteiger partial charge in [0.15, 0.2) is 0 Å². The van der Waals surface area contributed by atoms with Crippen molar-refractivity contribution >= 4 is 23.1 Å². The standard InChI is InChI=1S/C10H16O2S/c1-3-12-10(11)6-8-4-5-9(13)7(8)2/h7-8H,3-6H2,1-2H3. The number of rotatable bonds is 3. The maximum atomic E-state index is 11.2. The van der Waals surface area contributed by atoms with Gasteiger partial charge in [0.2, 0.25) is 0 Å². The van der Waals surface area contributed by atoms with Gasteiger partial charge in [-0.3, -0.25) is 4.79 Å². The second-order valence-corrected chi connectivity index (χ2v) is 4.09. The fourth-order valence-corrected chi connectivity index (χ4v) is 2.09. The Hall–Kier alpha value is -0.440. The molecule has 0 spiro atoms. The predicted molar refractivity (Wildman–Crippen MR) is 55.7 cm³/mol. The molecule has 13 heavy (non-hydrogen) atoms. The summed E-state index contributed by atoms with van der Waals surface area (Å²) in [5.74, 6) is 0.759. The molecule has 1 saturated carbocycles. The molecular weight excluding hydrogens is 184 g/mol. The Balaban J connectivity index is 2.37. The molecule has 1 aliphatic carbocycles. The van der Waals surface area contributed by atoms with Gasteiger partial charge in [-0.1, -0.05) is 19.1 Å². The molecule has 0 saturated heterocycles. The van der Waals surface area contributed by atoms with Crippen LogP contribution in [0.5, 0.6) is 0 Å². The highest BCUT2D eigenvalue weighted by Crippen LogP contribution is 2.32. The van der Waals surface area contributed by atoms with Crippen molar-refractivity contribution < 1.29 is 9.53 Å². The Morgan fingerprint density at radius 3 is 2.85 bits per heavy atom. The van der Waals surface area contributed by atoms with Crippen LogP contribution >= 0.6 is 12.2 Å². The number of hydrogen-bond donors (Lipinski definition) is 0. The molecule has 1 rings (SSSR count). The van der Waals surface area contributed by atoms with E-state index in [1.165, 1.54) is 0 Å². The smallest absolute Gasteiger partial charge is 0.306 e. The van der Waals surface area contributed by atoms with Gasteiger partial charge in [-0.15, -0.1) is 0 Å². The SMILES string of the molecule is CCOC(=O)CC1CCC(=S)C1C. The van der Waals surface area contributed by atoms with E-state index in [1.807, 2.05) is 6.92 Å². The number of carbonyl (C=O) groups excluding carboxylic acids is 1. The Kier molecular flexibility index (Phi) is 3.85. The van der Waals surface area contributed by atoms with E-state index in [0.29, 0.717) is 24.9 Å². The maximum absolute atomic E-state index is 11.2. The quantitative estimate of drug-likeness (QED) is 0.517. The summed E-state index contributed by atoms with van der Waals surface area (Å²) < 4.78 is 4.91. The summed E-state index contributed by atoms with van der Waals surface area (Å²) in [6.45, 7) is 4.42. The lowest BCUT2D eigenvalue weighted by atomic mass is 9.95. The fourth-order valence-electron chi connectivity index (χ4n) is 1.78. The summed E-state index contributed by atoms with van der Waals surface area (Å²) in [5, 5.41) is 0. The average molecular weight is 200 g/mol. The summed E-state index contributed by atoms with van der Waals surface area (Å²) in [7, 11) is 0. The molecular formula is C10H16O2S. The van der Waals surface area contributed by atoms with Gasteiger partial charge < -0.3 is 4.74 Å². The van der Waals surface area contributed by atoms with E-state index in [4.69, 9.17) is 17.0 Å². The van der Waals surface area contributed by atoms with Gasteiger partial charge in [0.25, 0.3) is 0 Å². The van der Waals surface area contributed by atoms with E-state index < -0.39 is 0 Å². The normalized spacial score (nSPS) is 27.7. The summed E-state index contributed by atoms with van der Waals surface area (Å²) in [4.78, 5) is 12.3. The third kappa shape index (κ3) is 2.76. The zero-order valence-corrected chi connectivity index (χ0v) is 9.02. The van der Waals surface area contributed by atoms with Crippen LogP contribution < -0.4 is 0 Å². The molecule has 0 aromatic rings. The molecule has 0 N–H and O–H groups in total. The first kappa shape index (κ1) is 10.6.